The van der Waals surface area contributed by atoms with Gasteiger partial charge in [0.05, 0.1) is 18.7 Å². The fourth-order valence-corrected chi connectivity index (χ4v) is 2.63. The molecule has 0 atom stereocenters. The standard InChI is InChI=1S/C16H20F3N5OS/c1-3-20-15(24-10-14-23-8-11(2)26-14)21-6-7-25-13-5-4-12(9-22-13)16(17,18)19/h4-5,8-9H,3,6-7,10H2,1-2H3,(H2,20,21,24). The number of guanidine groups is 1. The van der Waals surface area contributed by atoms with Crippen LogP contribution in [0.15, 0.2) is 29.5 Å². The van der Waals surface area contributed by atoms with Crippen molar-refractivity contribution in [1.82, 2.24) is 20.6 Å². The van der Waals surface area contributed by atoms with Gasteiger partial charge in [0, 0.05) is 29.9 Å². The number of nitrogens with zero attached hydrogens (tertiary/aromatic N) is 3. The number of alkyl halides is 3. The lowest BCUT2D eigenvalue weighted by Crippen LogP contribution is -2.39. The van der Waals surface area contributed by atoms with Crippen LogP contribution in [0.5, 0.6) is 5.88 Å². The zero-order chi connectivity index (χ0) is 19.0. The highest BCUT2D eigenvalue weighted by atomic mass is 32.1. The summed E-state index contributed by atoms with van der Waals surface area (Å²) in [6.07, 6.45) is -1.84. The van der Waals surface area contributed by atoms with Gasteiger partial charge in [0.1, 0.15) is 11.6 Å². The summed E-state index contributed by atoms with van der Waals surface area (Å²) in [5, 5.41) is 7.11. The average molecular weight is 387 g/mol. The quantitative estimate of drug-likeness (QED) is 0.434. The fraction of sp³-hybridized carbons (Fsp3) is 0.438. The molecule has 2 heterocycles. The molecule has 26 heavy (non-hydrogen) atoms. The van der Waals surface area contributed by atoms with E-state index in [9.17, 15) is 13.2 Å². The van der Waals surface area contributed by atoms with Gasteiger partial charge in [0.25, 0.3) is 0 Å². The number of aryl methyl sites for hydroxylation is 1. The molecule has 2 N–H and O–H groups in total. The Morgan fingerprint density at radius 2 is 2.04 bits per heavy atom. The first-order valence-electron chi connectivity index (χ1n) is 7.98. The van der Waals surface area contributed by atoms with Crippen LogP contribution in [0.25, 0.3) is 0 Å². The van der Waals surface area contributed by atoms with Crippen LogP contribution in [-0.4, -0.2) is 35.6 Å². The van der Waals surface area contributed by atoms with Gasteiger partial charge in [-0.2, -0.15) is 13.2 Å². The predicted octanol–water partition coefficient (Wildman–Crippen LogP) is 3.00. The third-order valence-corrected chi connectivity index (χ3v) is 3.99. The van der Waals surface area contributed by atoms with Crippen LogP contribution in [0.1, 0.15) is 22.4 Å². The zero-order valence-electron chi connectivity index (χ0n) is 14.4. The van der Waals surface area contributed by atoms with Crippen molar-refractivity contribution in [3.05, 3.63) is 40.0 Å². The van der Waals surface area contributed by atoms with E-state index in [0.717, 1.165) is 22.1 Å². The van der Waals surface area contributed by atoms with Gasteiger partial charge in [-0.05, 0) is 19.9 Å². The molecule has 0 aromatic carbocycles. The summed E-state index contributed by atoms with van der Waals surface area (Å²) in [6.45, 7) is 5.76. The van der Waals surface area contributed by atoms with E-state index in [1.807, 2.05) is 13.8 Å². The Labute approximate surface area is 153 Å². The van der Waals surface area contributed by atoms with Crippen LogP contribution in [0.4, 0.5) is 13.2 Å². The maximum atomic E-state index is 12.5. The van der Waals surface area contributed by atoms with E-state index >= 15 is 0 Å². The van der Waals surface area contributed by atoms with E-state index in [2.05, 4.69) is 25.6 Å². The number of ether oxygens (including phenoxy) is 1. The third kappa shape index (κ3) is 6.51. The maximum absolute atomic E-state index is 12.5. The van der Waals surface area contributed by atoms with Crippen LogP contribution >= 0.6 is 11.3 Å². The van der Waals surface area contributed by atoms with Gasteiger partial charge in [0.15, 0.2) is 5.96 Å². The van der Waals surface area contributed by atoms with Crippen LogP contribution in [-0.2, 0) is 12.7 Å². The number of thiazole rings is 1. The molecule has 0 spiro atoms. The van der Waals surface area contributed by atoms with E-state index in [1.165, 1.54) is 6.07 Å². The average Bonchev–Trinajstić information content (AvgIpc) is 3.01. The minimum absolute atomic E-state index is 0.139. The van der Waals surface area contributed by atoms with E-state index in [-0.39, 0.29) is 12.5 Å². The Morgan fingerprint density at radius 3 is 2.62 bits per heavy atom. The van der Waals surface area contributed by atoms with E-state index in [4.69, 9.17) is 4.74 Å². The highest BCUT2D eigenvalue weighted by Gasteiger charge is 2.30. The molecule has 2 aromatic heterocycles. The van der Waals surface area contributed by atoms with Crippen molar-refractivity contribution in [2.45, 2.75) is 26.6 Å². The molecule has 142 valence electrons. The largest absolute Gasteiger partial charge is 0.476 e. The molecule has 2 aromatic rings. The first-order valence-corrected chi connectivity index (χ1v) is 8.79. The molecule has 0 fully saturated rings. The van der Waals surface area contributed by atoms with Crippen LogP contribution < -0.4 is 15.4 Å². The number of rotatable bonds is 7. The minimum atomic E-state index is -4.40. The molecule has 0 aliphatic rings. The monoisotopic (exact) mass is 387 g/mol. The molecule has 2 rings (SSSR count). The first-order chi connectivity index (χ1) is 12.4. The number of aliphatic imine (C=N–C) groups is 1. The number of hydrogen-bond donors (Lipinski definition) is 2. The molecule has 0 aliphatic heterocycles. The smallest absolute Gasteiger partial charge is 0.417 e. The Hall–Kier alpha value is -2.36. The number of hydrogen-bond acceptors (Lipinski definition) is 5. The van der Waals surface area contributed by atoms with Gasteiger partial charge in [-0.1, -0.05) is 0 Å². The van der Waals surface area contributed by atoms with Crippen LogP contribution in [0, 0.1) is 6.92 Å². The van der Waals surface area contributed by atoms with Crippen molar-refractivity contribution in [2.75, 3.05) is 19.7 Å². The number of pyridine rings is 1. The van der Waals surface area contributed by atoms with Gasteiger partial charge >= 0.3 is 6.18 Å². The summed E-state index contributed by atoms with van der Waals surface area (Å²) >= 11 is 1.59. The fourth-order valence-electron chi connectivity index (χ4n) is 1.92. The van der Waals surface area contributed by atoms with Crippen molar-refractivity contribution in [2.24, 2.45) is 4.99 Å². The predicted molar refractivity (Wildman–Crippen MR) is 94.4 cm³/mol. The van der Waals surface area contributed by atoms with Crippen molar-refractivity contribution in [3.8, 4) is 5.88 Å². The number of aromatic nitrogens is 2. The number of nitrogens with one attached hydrogen (secondary N) is 2. The maximum Gasteiger partial charge on any atom is 0.417 e. The highest BCUT2D eigenvalue weighted by molar-refractivity contribution is 7.11. The SMILES string of the molecule is CCNC(=NCc1ncc(C)s1)NCCOc1ccc(C(F)(F)F)cn1. The first kappa shape index (κ1) is 20.0. The lowest BCUT2D eigenvalue weighted by molar-refractivity contribution is -0.137. The van der Waals surface area contributed by atoms with Crippen molar-refractivity contribution >= 4 is 17.3 Å². The second kappa shape index (κ2) is 9.37. The third-order valence-electron chi connectivity index (χ3n) is 3.09. The number of halogens is 3. The lowest BCUT2D eigenvalue weighted by atomic mass is 10.3. The van der Waals surface area contributed by atoms with Crippen LogP contribution in [0.3, 0.4) is 0 Å². The Morgan fingerprint density at radius 1 is 1.23 bits per heavy atom. The van der Waals surface area contributed by atoms with E-state index in [0.29, 0.717) is 25.6 Å². The lowest BCUT2D eigenvalue weighted by Gasteiger charge is -2.12. The summed E-state index contributed by atoms with van der Waals surface area (Å²) in [7, 11) is 0. The van der Waals surface area contributed by atoms with Crippen molar-refractivity contribution in [3.63, 3.8) is 0 Å². The van der Waals surface area contributed by atoms with Gasteiger partial charge in [-0.25, -0.2) is 15.0 Å². The Bertz CT molecular complexity index is 715. The van der Waals surface area contributed by atoms with Crippen molar-refractivity contribution in [1.29, 1.82) is 0 Å². The molecule has 6 nitrogen and oxygen atoms in total. The van der Waals surface area contributed by atoms with Crippen LogP contribution in [0.2, 0.25) is 0 Å². The minimum Gasteiger partial charge on any atom is -0.476 e. The molecular formula is C16H20F3N5OS. The normalized spacial score (nSPS) is 12.1. The summed E-state index contributed by atoms with van der Waals surface area (Å²) in [4.78, 5) is 13.5. The second-order valence-corrected chi connectivity index (χ2v) is 6.54. The summed E-state index contributed by atoms with van der Waals surface area (Å²) < 4.78 is 42.7. The van der Waals surface area contributed by atoms with Gasteiger partial charge in [0.2, 0.25) is 5.88 Å². The molecule has 0 bridgehead atoms. The van der Waals surface area contributed by atoms with Gasteiger partial charge < -0.3 is 15.4 Å². The molecule has 0 unspecified atom stereocenters. The molecule has 0 saturated heterocycles. The molecule has 0 saturated carbocycles. The summed E-state index contributed by atoms with van der Waals surface area (Å²) in [6, 6.07) is 2.14. The summed E-state index contributed by atoms with van der Waals surface area (Å²) in [5.41, 5.74) is -0.804. The zero-order valence-corrected chi connectivity index (χ0v) is 15.2. The van der Waals surface area contributed by atoms with Gasteiger partial charge in [-0.15, -0.1) is 11.3 Å². The second-order valence-electron chi connectivity index (χ2n) is 5.22. The molecule has 0 aliphatic carbocycles. The topological polar surface area (TPSA) is 71.4 Å². The highest BCUT2D eigenvalue weighted by Crippen LogP contribution is 2.29. The molecule has 10 heteroatoms. The summed E-state index contributed by atoms with van der Waals surface area (Å²) in [5.74, 6) is 0.754. The Kier molecular flexibility index (Phi) is 7.19. The molecule has 0 radical (unpaired) electrons. The molecular weight excluding hydrogens is 367 g/mol. The van der Waals surface area contributed by atoms with Gasteiger partial charge in [-0.3, -0.25) is 0 Å². The van der Waals surface area contributed by atoms with E-state index in [1.54, 1.807) is 17.5 Å². The van der Waals surface area contributed by atoms with Crippen molar-refractivity contribution < 1.29 is 17.9 Å². The Balaban J connectivity index is 1.78. The molecule has 0 amide bonds. The van der Waals surface area contributed by atoms with E-state index < -0.39 is 11.7 Å².